The van der Waals surface area contributed by atoms with Crippen molar-refractivity contribution in [3.05, 3.63) is 77.9 Å². The summed E-state index contributed by atoms with van der Waals surface area (Å²) in [4.78, 5) is 24.6. The SMILES string of the molecule is COc1ccc(NC(=O)COc2ccc(C(=O)OCCOc3ccccc3C)cc2OC)cc1. The maximum Gasteiger partial charge on any atom is 0.338 e. The zero-order valence-electron chi connectivity index (χ0n) is 19.3. The highest BCUT2D eigenvalue weighted by atomic mass is 16.6. The van der Waals surface area contributed by atoms with E-state index in [1.54, 1.807) is 43.5 Å². The Balaban J connectivity index is 1.49. The van der Waals surface area contributed by atoms with E-state index in [1.165, 1.54) is 13.2 Å². The summed E-state index contributed by atoms with van der Waals surface area (Å²) < 4.78 is 26.9. The van der Waals surface area contributed by atoms with Crippen molar-refractivity contribution in [3.8, 4) is 23.0 Å². The van der Waals surface area contributed by atoms with E-state index in [9.17, 15) is 9.59 Å². The number of hydrogen-bond acceptors (Lipinski definition) is 7. The summed E-state index contributed by atoms with van der Waals surface area (Å²) in [6.07, 6.45) is 0. The molecule has 178 valence electrons. The highest BCUT2D eigenvalue weighted by Crippen LogP contribution is 2.28. The molecule has 34 heavy (non-hydrogen) atoms. The zero-order valence-corrected chi connectivity index (χ0v) is 19.3. The first-order chi connectivity index (χ1) is 16.5. The predicted octanol–water partition coefficient (Wildman–Crippen LogP) is 4.27. The third-order valence-corrected chi connectivity index (χ3v) is 4.80. The van der Waals surface area contributed by atoms with Crippen molar-refractivity contribution in [3.63, 3.8) is 0 Å². The van der Waals surface area contributed by atoms with Crippen molar-refractivity contribution in [2.24, 2.45) is 0 Å². The minimum Gasteiger partial charge on any atom is -0.497 e. The lowest BCUT2D eigenvalue weighted by atomic mass is 10.2. The van der Waals surface area contributed by atoms with Crippen molar-refractivity contribution in [1.29, 1.82) is 0 Å². The number of benzene rings is 3. The van der Waals surface area contributed by atoms with Crippen molar-refractivity contribution in [2.75, 3.05) is 39.4 Å². The minimum absolute atomic E-state index is 0.0965. The van der Waals surface area contributed by atoms with Crippen molar-refractivity contribution >= 4 is 17.6 Å². The van der Waals surface area contributed by atoms with Gasteiger partial charge in [-0.25, -0.2) is 4.79 Å². The Morgan fingerprint density at radius 3 is 2.26 bits per heavy atom. The first-order valence-corrected chi connectivity index (χ1v) is 10.6. The third kappa shape index (κ3) is 6.90. The van der Waals surface area contributed by atoms with Crippen LogP contribution in [0.1, 0.15) is 15.9 Å². The van der Waals surface area contributed by atoms with E-state index >= 15 is 0 Å². The molecule has 8 heteroatoms. The van der Waals surface area contributed by atoms with Crippen molar-refractivity contribution < 1.29 is 33.3 Å². The van der Waals surface area contributed by atoms with Crippen LogP contribution in [0, 0.1) is 6.92 Å². The Bertz CT molecular complexity index is 1110. The number of aryl methyl sites for hydroxylation is 1. The molecule has 0 saturated heterocycles. The molecule has 0 saturated carbocycles. The summed E-state index contributed by atoms with van der Waals surface area (Å²) in [7, 11) is 3.02. The van der Waals surface area contributed by atoms with Gasteiger partial charge in [0, 0.05) is 5.69 Å². The summed E-state index contributed by atoms with van der Waals surface area (Å²) in [6, 6.07) is 19.2. The van der Waals surface area contributed by atoms with Gasteiger partial charge in [0.1, 0.15) is 24.7 Å². The van der Waals surface area contributed by atoms with Crippen LogP contribution in [-0.2, 0) is 9.53 Å². The second-order valence-corrected chi connectivity index (χ2v) is 7.18. The van der Waals surface area contributed by atoms with Crippen LogP contribution >= 0.6 is 0 Å². The van der Waals surface area contributed by atoms with Gasteiger partial charge in [0.2, 0.25) is 0 Å². The maximum absolute atomic E-state index is 12.4. The van der Waals surface area contributed by atoms with Gasteiger partial charge in [-0.05, 0) is 61.0 Å². The van der Waals surface area contributed by atoms with Gasteiger partial charge in [0.05, 0.1) is 19.8 Å². The average Bonchev–Trinajstić information content (AvgIpc) is 2.86. The molecule has 1 N–H and O–H groups in total. The van der Waals surface area contributed by atoms with Gasteiger partial charge in [-0.3, -0.25) is 4.79 Å². The van der Waals surface area contributed by atoms with Gasteiger partial charge >= 0.3 is 5.97 Å². The molecule has 0 aliphatic rings. The molecular weight excluding hydrogens is 438 g/mol. The molecule has 0 atom stereocenters. The number of esters is 1. The van der Waals surface area contributed by atoms with Gasteiger partial charge in [0.25, 0.3) is 5.91 Å². The van der Waals surface area contributed by atoms with Crippen LogP contribution in [0.5, 0.6) is 23.0 Å². The topological polar surface area (TPSA) is 92.3 Å². The Morgan fingerprint density at radius 1 is 0.794 bits per heavy atom. The minimum atomic E-state index is -0.518. The fourth-order valence-corrected chi connectivity index (χ4v) is 3.02. The van der Waals surface area contributed by atoms with Crippen LogP contribution < -0.4 is 24.3 Å². The molecule has 3 rings (SSSR count). The first kappa shape index (κ1) is 24.4. The number of anilines is 1. The van der Waals surface area contributed by atoms with E-state index in [-0.39, 0.29) is 25.7 Å². The number of carbonyl (C=O) groups excluding carboxylic acids is 2. The molecule has 3 aromatic rings. The fraction of sp³-hybridized carbons (Fsp3) is 0.231. The largest absolute Gasteiger partial charge is 0.497 e. The lowest BCUT2D eigenvalue weighted by Gasteiger charge is -2.13. The lowest BCUT2D eigenvalue weighted by Crippen LogP contribution is -2.20. The normalized spacial score (nSPS) is 10.2. The quantitative estimate of drug-likeness (QED) is 0.334. The summed E-state index contributed by atoms with van der Waals surface area (Å²) >= 11 is 0. The van der Waals surface area contributed by atoms with Crippen LogP contribution in [0.4, 0.5) is 5.69 Å². The number of ether oxygens (including phenoxy) is 5. The maximum atomic E-state index is 12.4. The fourth-order valence-electron chi connectivity index (χ4n) is 3.02. The predicted molar refractivity (Wildman–Crippen MR) is 127 cm³/mol. The summed E-state index contributed by atoms with van der Waals surface area (Å²) in [5.41, 5.74) is 1.92. The second kappa shape index (κ2) is 12.2. The number of hydrogen-bond donors (Lipinski definition) is 1. The van der Waals surface area contributed by atoms with E-state index in [1.807, 2.05) is 31.2 Å². The highest BCUT2D eigenvalue weighted by molar-refractivity contribution is 5.92. The molecule has 1 amide bonds. The lowest BCUT2D eigenvalue weighted by molar-refractivity contribution is -0.118. The molecule has 0 heterocycles. The molecule has 0 unspecified atom stereocenters. The van der Waals surface area contributed by atoms with E-state index in [2.05, 4.69) is 5.32 Å². The van der Waals surface area contributed by atoms with Crippen molar-refractivity contribution in [2.45, 2.75) is 6.92 Å². The van der Waals surface area contributed by atoms with E-state index < -0.39 is 5.97 Å². The molecular formula is C26H27NO7. The molecule has 3 aromatic carbocycles. The molecule has 0 spiro atoms. The number of methoxy groups -OCH3 is 2. The molecule has 0 aliphatic carbocycles. The summed E-state index contributed by atoms with van der Waals surface area (Å²) in [5.74, 6) is 1.21. The summed E-state index contributed by atoms with van der Waals surface area (Å²) in [6.45, 7) is 2.04. The number of para-hydroxylation sites is 1. The van der Waals surface area contributed by atoms with E-state index in [4.69, 9.17) is 23.7 Å². The number of nitrogens with one attached hydrogen (secondary N) is 1. The molecule has 0 radical (unpaired) electrons. The summed E-state index contributed by atoms with van der Waals surface area (Å²) in [5, 5.41) is 2.73. The molecule has 8 nitrogen and oxygen atoms in total. The average molecular weight is 466 g/mol. The van der Waals surface area contributed by atoms with E-state index in [0.717, 1.165) is 11.3 Å². The standard InChI is InChI=1S/C26H27NO7/c1-18-6-4-5-7-22(18)32-14-15-33-26(29)19-8-13-23(24(16-19)31-3)34-17-25(28)27-20-9-11-21(30-2)12-10-20/h4-13,16H,14-15,17H2,1-3H3,(H,27,28). The van der Waals surface area contributed by atoms with Crippen LogP contribution in [0.3, 0.4) is 0 Å². The molecule has 0 bridgehead atoms. The van der Waals surface area contributed by atoms with Crippen molar-refractivity contribution in [1.82, 2.24) is 0 Å². The van der Waals surface area contributed by atoms with Gasteiger partial charge in [-0.1, -0.05) is 18.2 Å². The van der Waals surface area contributed by atoms with E-state index in [0.29, 0.717) is 28.5 Å². The molecule has 0 aliphatic heterocycles. The van der Waals surface area contributed by atoms with Gasteiger partial charge in [-0.2, -0.15) is 0 Å². The number of amides is 1. The van der Waals surface area contributed by atoms with Gasteiger partial charge < -0.3 is 29.0 Å². The Labute approximate surface area is 198 Å². The Morgan fingerprint density at radius 2 is 1.56 bits per heavy atom. The first-order valence-electron chi connectivity index (χ1n) is 10.6. The zero-order chi connectivity index (χ0) is 24.3. The highest BCUT2D eigenvalue weighted by Gasteiger charge is 2.14. The van der Waals surface area contributed by atoms with Crippen LogP contribution in [0.2, 0.25) is 0 Å². The molecule has 0 aromatic heterocycles. The monoisotopic (exact) mass is 465 g/mol. The van der Waals surface area contributed by atoms with Crippen LogP contribution in [0.15, 0.2) is 66.7 Å². The Kier molecular flexibility index (Phi) is 8.73. The van der Waals surface area contributed by atoms with Crippen LogP contribution in [-0.4, -0.2) is 45.9 Å². The number of rotatable bonds is 11. The van der Waals surface area contributed by atoms with Gasteiger partial charge in [0.15, 0.2) is 18.1 Å². The third-order valence-electron chi connectivity index (χ3n) is 4.80. The second-order valence-electron chi connectivity index (χ2n) is 7.18. The number of carbonyl (C=O) groups is 2. The van der Waals surface area contributed by atoms with Gasteiger partial charge in [-0.15, -0.1) is 0 Å². The molecule has 0 fully saturated rings. The Hall–Kier alpha value is -4.20. The van der Waals surface area contributed by atoms with Crippen LogP contribution in [0.25, 0.3) is 0 Å². The smallest absolute Gasteiger partial charge is 0.338 e.